The Morgan fingerprint density at radius 1 is 0.700 bits per heavy atom. The molecule has 0 aliphatic carbocycles. The second-order valence-corrected chi connectivity index (χ2v) is 7.72. The van der Waals surface area contributed by atoms with Gasteiger partial charge in [-0.1, -0.05) is 0 Å². The van der Waals surface area contributed by atoms with Crippen LogP contribution in [0.1, 0.15) is 53.4 Å². The van der Waals surface area contributed by atoms with Gasteiger partial charge in [-0.3, -0.25) is 14.7 Å². The first-order valence-corrected chi connectivity index (χ1v) is 8.81. The van der Waals surface area contributed by atoms with Gasteiger partial charge in [0.2, 0.25) is 0 Å². The van der Waals surface area contributed by atoms with Gasteiger partial charge in [0.15, 0.2) is 0 Å². The minimum absolute atomic E-state index is 0.719. The molecule has 20 heavy (non-hydrogen) atoms. The SMILES string of the molecule is CC(C)N1CCN(C2CC3CCC(C2)N3C(C)C)CC1. The van der Waals surface area contributed by atoms with Crippen molar-refractivity contribution >= 4 is 0 Å². The molecule has 3 aliphatic rings. The van der Waals surface area contributed by atoms with Crippen molar-refractivity contribution in [3.63, 3.8) is 0 Å². The van der Waals surface area contributed by atoms with Crippen molar-refractivity contribution in [2.45, 2.75) is 83.6 Å². The van der Waals surface area contributed by atoms with Crippen LogP contribution in [0.2, 0.25) is 0 Å². The molecule has 0 radical (unpaired) electrons. The number of nitrogens with zero attached hydrogens (tertiary/aromatic N) is 3. The zero-order valence-electron chi connectivity index (χ0n) is 13.9. The van der Waals surface area contributed by atoms with Crippen molar-refractivity contribution < 1.29 is 0 Å². The first-order valence-electron chi connectivity index (χ1n) is 8.81. The van der Waals surface area contributed by atoms with Gasteiger partial charge in [0, 0.05) is 56.4 Å². The highest BCUT2D eigenvalue weighted by Crippen LogP contribution is 2.39. The fourth-order valence-electron chi connectivity index (χ4n) is 4.94. The topological polar surface area (TPSA) is 9.72 Å². The zero-order chi connectivity index (χ0) is 14.3. The minimum Gasteiger partial charge on any atom is -0.298 e. The van der Waals surface area contributed by atoms with E-state index in [1.807, 2.05) is 0 Å². The second-order valence-electron chi connectivity index (χ2n) is 7.72. The van der Waals surface area contributed by atoms with Crippen LogP contribution in [-0.2, 0) is 0 Å². The van der Waals surface area contributed by atoms with Crippen molar-refractivity contribution in [1.82, 2.24) is 14.7 Å². The molecule has 116 valence electrons. The monoisotopic (exact) mass is 279 g/mol. The summed E-state index contributed by atoms with van der Waals surface area (Å²) in [4.78, 5) is 8.26. The average Bonchev–Trinajstić information content (AvgIpc) is 2.70. The van der Waals surface area contributed by atoms with Crippen LogP contribution in [0.5, 0.6) is 0 Å². The van der Waals surface area contributed by atoms with Crippen molar-refractivity contribution in [3.05, 3.63) is 0 Å². The van der Waals surface area contributed by atoms with Crippen LogP contribution >= 0.6 is 0 Å². The summed E-state index contributed by atoms with van der Waals surface area (Å²) in [6.07, 6.45) is 5.75. The predicted octanol–water partition coefficient (Wildman–Crippen LogP) is 2.42. The van der Waals surface area contributed by atoms with Crippen molar-refractivity contribution in [1.29, 1.82) is 0 Å². The van der Waals surface area contributed by atoms with Gasteiger partial charge in [-0.2, -0.15) is 0 Å². The molecule has 0 saturated carbocycles. The summed E-state index contributed by atoms with van der Waals surface area (Å²) in [5.74, 6) is 0. The molecular formula is C17H33N3. The maximum Gasteiger partial charge on any atom is 0.0126 e. The minimum atomic E-state index is 0.719. The van der Waals surface area contributed by atoms with Crippen LogP contribution in [0.25, 0.3) is 0 Å². The lowest BCUT2D eigenvalue weighted by Crippen LogP contribution is -2.57. The van der Waals surface area contributed by atoms with Gasteiger partial charge in [-0.05, 0) is 53.4 Å². The fourth-order valence-corrected chi connectivity index (χ4v) is 4.94. The van der Waals surface area contributed by atoms with Gasteiger partial charge in [0.1, 0.15) is 0 Å². The lowest BCUT2D eigenvalue weighted by Gasteiger charge is -2.47. The Morgan fingerprint density at radius 2 is 1.25 bits per heavy atom. The molecule has 2 bridgehead atoms. The molecule has 3 fully saturated rings. The van der Waals surface area contributed by atoms with Gasteiger partial charge in [-0.25, -0.2) is 0 Å². The predicted molar refractivity (Wildman–Crippen MR) is 85.1 cm³/mol. The molecule has 0 spiro atoms. The van der Waals surface area contributed by atoms with E-state index in [1.165, 1.54) is 51.9 Å². The van der Waals surface area contributed by atoms with Crippen LogP contribution in [0, 0.1) is 0 Å². The molecular weight excluding hydrogens is 246 g/mol. The van der Waals surface area contributed by atoms with Crippen molar-refractivity contribution in [2.24, 2.45) is 0 Å². The van der Waals surface area contributed by atoms with E-state index in [4.69, 9.17) is 0 Å². The zero-order valence-corrected chi connectivity index (χ0v) is 13.9. The van der Waals surface area contributed by atoms with Gasteiger partial charge >= 0.3 is 0 Å². The highest BCUT2D eigenvalue weighted by atomic mass is 15.3. The first kappa shape index (κ1) is 14.8. The summed E-state index contributed by atoms with van der Waals surface area (Å²) in [5, 5.41) is 0. The van der Waals surface area contributed by atoms with E-state index in [2.05, 4.69) is 42.4 Å². The molecule has 3 heteroatoms. The van der Waals surface area contributed by atoms with Crippen LogP contribution < -0.4 is 0 Å². The van der Waals surface area contributed by atoms with Gasteiger partial charge in [-0.15, -0.1) is 0 Å². The number of piperazine rings is 1. The second kappa shape index (κ2) is 5.94. The van der Waals surface area contributed by atoms with E-state index in [0.29, 0.717) is 0 Å². The fraction of sp³-hybridized carbons (Fsp3) is 1.00. The number of hydrogen-bond acceptors (Lipinski definition) is 3. The Morgan fingerprint density at radius 3 is 1.70 bits per heavy atom. The van der Waals surface area contributed by atoms with E-state index in [1.54, 1.807) is 0 Å². The highest BCUT2D eigenvalue weighted by molar-refractivity contribution is 5.00. The molecule has 3 rings (SSSR count). The Bertz CT molecular complexity index is 306. The molecule has 0 amide bonds. The number of rotatable bonds is 3. The lowest BCUT2D eigenvalue weighted by atomic mass is 9.94. The summed E-state index contributed by atoms with van der Waals surface area (Å²) >= 11 is 0. The first-order chi connectivity index (χ1) is 9.56. The number of hydrogen-bond donors (Lipinski definition) is 0. The Kier molecular flexibility index (Phi) is 4.40. The summed E-state index contributed by atoms with van der Waals surface area (Å²) in [6.45, 7) is 14.6. The van der Waals surface area contributed by atoms with Gasteiger partial charge < -0.3 is 0 Å². The van der Waals surface area contributed by atoms with Crippen LogP contribution in [0.4, 0.5) is 0 Å². The third-order valence-corrected chi connectivity index (χ3v) is 5.96. The summed E-state index contributed by atoms with van der Waals surface area (Å²) < 4.78 is 0. The van der Waals surface area contributed by atoms with Crippen LogP contribution in [0.3, 0.4) is 0 Å². The molecule has 2 atom stereocenters. The van der Waals surface area contributed by atoms with Gasteiger partial charge in [0.25, 0.3) is 0 Å². The molecule has 3 heterocycles. The van der Waals surface area contributed by atoms with Crippen LogP contribution in [0.15, 0.2) is 0 Å². The van der Waals surface area contributed by atoms with E-state index in [-0.39, 0.29) is 0 Å². The number of piperidine rings is 1. The van der Waals surface area contributed by atoms with E-state index < -0.39 is 0 Å². The average molecular weight is 279 g/mol. The maximum absolute atomic E-state index is 2.82. The van der Waals surface area contributed by atoms with Crippen molar-refractivity contribution in [3.8, 4) is 0 Å². The van der Waals surface area contributed by atoms with Crippen molar-refractivity contribution in [2.75, 3.05) is 26.2 Å². The highest BCUT2D eigenvalue weighted by Gasteiger charge is 2.43. The molecule has 3 nitrogen and oxygen atoms in total. The summed E-state index contributed by atoms with van der Waals surface area (Å²) in [6, 6.07) is 4.09. The quantitative estimate of drug-likeness (QED) is 0.785. The van der Waals surface area contributed by atoms with E-state index in [0.717, 1.165) is 30.2 Å². The summed E-state index contributed by atoms with van der Waals surface area (Å²) in [5.41, 5.74) is 0. The lowest BCUT2D eigenvalue weighted by molar-refractivity contribution is 0.0124. The third kappa shape index (κ3) is 2.77. The Labute approximate surface area is 125 Å². The molecule has 0 N–H and O–H groups in total. The molecule has 3 saturated heterocycles. The Balaban J connectivity index is 1.56. The maximum atomic E-state index is 2.82. The smallest absolute Gasteiger partial charge is 0.0126 e. The molecule has 2 unspecified atom stereocenters. The number of fused-ring (bicyclic) bond motifs is 2. The van der Waals surface area contributed by atoms with E-state index >= 15 is 0 Å². The molecule has 3 aliphatic heterocycles. The standard InChI is InChI=1S/C17H33N3/c1-13(2)18-7-9-19(10-8-18)17-11-15-5-6-16(12-17)20(15)14(3)4/h13-17H,5-12H2,1-4H3. The van der Waals surface area contributed by atoms with Crippen LogP contribution in [-0.4, -0.2) is 71.1 Å². The normalized spacial score (nSPS) is 37.2. The molecule has 0 aromatic heterocycles. The third-order valence-electron chi connectivity index (χ3n) is 5.96. The van der Waals surface area contributed by atoms with E-state index in [9.17, 15) is 0 Å². The summed E-state index contributed by atoms with van der Waals surface area (Å²) in [7, 11) is 0. The molecule has 0 aromatic carbocycles. The largest absolute Gasteiger partial charge is 0.298 e. The molecule has 0 aromatic rings. The Hall–Kier alpha value is -0.120. The van der Waals surface area contributed by atoms with Gasteiger partial charge in [0.05, 0.1) is 0 Å².